The molecule has 3 heteroatoms. The van der Waals surface area contributed by atoms with Gasteiger partial charge in [0.05, 0.1) is 12.5 Å². The number of fused-ring (bicyclic) bond motifs is 5. The van der Waals surface area contributed by atoms with Crippen LogP contribution in [0.25, 0.3) is 0 Å². The quantitative estimate of drug-likeness (QED) is 0.776. The van der Waals surface area contributed by atoms with Gasteiger partial charge in [-0.2, -0.15) is 0 Å². The van der Waals surface area contributed by atoms with Gasteiger partial charge in [-0.3, -0.25) is 4.79 Å². The molecule has 1 saturated carbocycles. The van der Waals surface area contributed by atoms with Crippen LogP contribution >= 0.6 is 0 Å². The van der Waals surface area contributed by atoms with Crippen LogP contribution in [0.15, 0.2) is 28.3 Å². The number of furan rings is 1. The number of aliphatic hydroxyl groups excluding tert-OH is 1. The molecule has 0 bridgehead atoms. The summed E-state index contributed by atoms with van der Waals surface area (Å²) in [4.78, 5) is 12.3. The normalized spacial score (nSPS) is 41.0. The Morgan fingerprint density at radius 2 is 2.05 bits per heavy atom. The molecule has 1 heterocycles. The van der Waals surface area contributed by atoms with E-state index in [1.165, 1.54) is 11.1 Å². The topological polar surface area (TPSA) is 50.4 Å². The van der Waals surface area contributed by atoms with E-state index in [9.17, 15) is 9.90 Å². The molecule has 0 amide bonds. The minimum absolute atomic E-state index is 0.0332. The van der Waals surface area contributed by atoms with Crippen LogP contribution in [0, 0.1) is 17.3 Å². The largest absolute Gasteiger partial charge is 0.504 e. The van der Waals surface area contributed by atoms with Gasteiger partial charge in [0.2, 0.25) is 0 Å². The Labute approximate surface area is 131 Å². The van der Waals surface area contributed by atoms with E-state index in [-0.39, 0.29) is 22.4 Å². The highest BCUT2D eigenvalue weighted by Crippen LogP contribution is 2.63. The molecule has 3 aliphatic rings. The summed E-state index contributed by atoms with van der Waals surface area (Å²) >= 11 is 0. The van der Waals surface area contributed by atoms with Crippen molar-refractivity contribution in [3.05, 3.63) is 35.0 Å². The maximum absolute atomic E-state index is 12.3. The molecule has 0 spiro atoms. The monoisotopic (exact) mass is 300 g/mol. The lowest BCUT2D eigenvalue weighted by molar-refractivity contribution is -0.127. The van der Waals surface area contributed by atoms with E-state index < -0.39 is 0 Å². The summed E-state index contributed by atoms with van der Waals surface area (Å²) in [7, 11) is 0. The lowest BCUT2D eigenvalue weighted by Gasteiger charge is -2.59. The van der Waals surface area contributed by atoms with Crippen molar-refractivity contribution in [2.75, 3.05) is 0 Å². The van der Waals surface area contributed by atoms with Gasteiger partial charge in [0, 0.05) is 6.42 Å². The van der Waals surface area contributed by atoms with Gasteiger partial charge in [0.25, 0.3) is 0 Å². The first kappa shape index (κ1) is 14.1. The molecule has 0 radical (unpaired) electrons. The number of ketones is 1. The molecule has 1 aromatic heterocycles. The first-order chi connectivity index (χ1) is 10.4. The third-order valence-electron chi connectivity index (χ3n) is 7.08. The van der Waals surface area contributed by atoms with E-state index in [0.29, 0.717) is 18.3 Å². The van der Waals surface area contributed by atoms with E-state index in [1.807, 2.05) is 19.5 Å². The summed E-state index contributed by atoms with van der Waals surface area (Å²) in [5.74, 6) is 0.761. The average Bonchev–Trinajstić information content (AvgIpc) is 2.94. The van der Waals surface area contributed by atoms with Crippen molar-refractivity contribution >= 4 is 5.78 Å². The van der Waals surface area contributed by atoms with Crippen molar-refractivity contribution < 1.29 is 14.3 Å². The second-order valence-electron chi connectivity index (χ2n) is 8.05. The van der Waals surface area contributed by atoms with Crippen LogP contribution < -0.4 is 0 Å². The smallest absolute Gasteiger partial charge is 0.197 e. The van der Waals surface area contributed by atoms with Crippen molar-refractivity contribution in [1.29, 1.82) is 0 Å². The second-order valence-corrected chi connectivity index (χ2v) is 8.05. The molecule has 1 aromatic rings. The summed E-state index contributed by atoms with van der Waals surface area (Å²) in [6.45, 7) is 6.58. The summed E-state index contributed by atoms with van der Waals surface area (Å²) in [6.07, 6.45) is 8.59. The van der Waals surface area contributed by atoms with Crippen molar-refractivity contribution in [3.8, 4) is 0 Å². The highest BCUT2D eigenvalue weighted by atomic mass is 16.3. The van der Waals surface area contributed by atoms with Gasteiger partial charge in [0.15, 0.2) is 11.5 Å². The zero-order valence-corrected chi connectivity index (χ0v) is 13.6. The van der Waals surface area contributed by atoms with Gasteiger partial charge in [0.1, 0.15) is 0 Å². The Balaban J connectivity index is 1.84. The molecular formula is C19H24O3. The Morgan fingerprint density at radius 1 is 1.27 bits per heavy atom. The van der Waals surface area contributed by atoms with Crippen LogP contribution in [0.1, 0.15) is 57.6 Å². The first-order valence-corrected chi connectivity index (χ1v) is 8.36. The van der Waals surface area contributed by atoms with Crippen LogP contribution in [-0.4, -0.2) is 10.9 Å². The van der Waals surface area contributed by atoms with Gasteiger partial charge in [-0.05, 0) is 72.0 Å². The number of allylic oxidation sites excluding steroid dienone is 2. The maximum atomic E-state index is 12.3. The minimum atomic E-state index is -0.0708. The van der Waals surface area contributed by atoms with Gasteiger partial charge < -0.3 is 9.52 Å². The number of carbonyl (C=O) groups excluding carboxylic acids is 1. The number of hydrogen-bond donors (Lipinski definition) is 1. The fourth-order valence-corrected chi connectivity index (χ4v) is 5.98. The number of rotatable bonds is 0. The third kappa shape index (κ3) is 1.55. The van der Waals surface area contributed by atoms with Crippen molar-refractivity contribution in [2.24, 2.45) is 17.3 Å². The summed E-state index contributed by atoms with van der Waals surface area (Å²) < 4.78 is 5.49. The van der Waals surface area contributed by atoms with Gasteiger partial charge in [-0.15, -0.1) is 0 Å². The number of aliphatic hydroxyl groups is 1. The molecule has 4 atom stereocenters. The van der Waals surface area contributed by atoms with E-state index >= 15 is 0 Å². The van der Waals surface area contributed by atoms with Crippen molar-refractivity contribution in [3.63, 3.8) is 0 Å². The number of Topliss-reactive ketones (excluding diaryl/α,β-unsaturated/α-hetero) is 1. The summed E-state index contributed by atoms with van der Waals surface area (Å²) in [5, 5.41) is 10.1. The van der Waals surface area contributed by atoms with Gasteiger partial charge in [-0.25, -0.2) is 0 Å². The molecule has 4 unspecified atom stereocenters. The van der Waals surface area contributed by atoms with Crippen LogP contribution in [0.3, 0.4) is 0 Å². The summed E-state index contributed by atoms with van der Waals surface area (Å²) in [6, 6.07) is 0. The Morgan fingerprint density at radius 3 is 2.82 bits per heavy atom. The number of carbonyl (C=O) groups is 1. The van der Waals surface area contributed by atoms with E-state index in [1.54, 1.807) is 0 Å². The minimum Gasteiger partial charge on any atom is -0.504 e. The second kappa shape index (κ2) is 4.27. The molecule has 118 valence electrons. The molecular weight excluding hydrogens is 276 g/mol. The highest BCUT2D eigenvalue weighted by molar-refractivity contribution is 5.95. The Hall–Kier alpha value is -1.51. The summed E-state index contributed by atoms with van der Waals surface area (Å²) in [5.41, 5.74) is 3.67. The molecule has 22 heavy (non-hydrogen) atoms. The molecule has 1 fully saturated rings. The zero-order chi connectivity index (χ0) is 15.7. The predicted octanol–water partition coefficient (Wildman–Crippen LogP) is 4.32. The molecule has 0 saturated heterocycles. The molecule has 4 rings (SSSR count). The molecule has 0 aliphatic heterocycles. The highest BCUT2D eigenvalue weighted by Gasteiger charge is 2.58. The Kier molecular flexibility index (Phi) is 2.74. The molecule has 3 nitrogen and oxygen atoms in total. The third-order valence-corrected chi connectivity index (χ3v) is 7.08. The number of hydrogen-bond acceptors (Lipinski definition) is 3. The maximum Gasteiger partial charge on any atom is 0.197 e. The Bertz CT molecular complexity index is 683. The van der Waals surface area contributed by atoms with E-state index in [2.05, 4.69) is 13.8 Å². The van der Waals surface area contributed by atoms with E-state index in [0.717, 1.165) is 31.3 Å². The fourth-order valence-electron chi connectivity index (χ4n) is 5.98. The molecule has 1 N–H and O–H groups in total. The van der Waals surface area contributed by atoms with Crippen molar-refractivity contribution in [2.45, 2.75) is 58.3 Å². The fraction of sp³-hybridized carbons (Fsp3) is 0.632. The average molecular weight is 300 g/mol. The lowest BCUT2D eigenvalue weighted by Crippen LogP contribution is -2.55. The van der Waals surface area contributed by atoms with Gasteiger partial charge >= 0.3 is 0 Å². The molecule has 0 aromatic carbocycles. The van der Waals surface area contributed by atoms with Crippen LogP contribution in [0.5, 0.6) is 0 Å². The standard InChI is InChI=1S/C19H24O3/c1-11-13-6-7-18(2)14-10-22-9-12(14)4-5-16(18)19(13,3)8-15(20)17(11)21/h9-10,13,16,21H,4-8H2,1-3H3. The van der Waals surface area contributed by atoms with Crippen LogP contribution in [-0.2, 0) is 16.6 Å². The van der Waals surface area contributed by atoms with Gasteiger partial charge in [-0.1, -0.05) is 13.8 Å². The van der Waals surface area contributed by atoms with Crippen LogP contribution in [0.4, 0.5) is 0 Å². The van der Waals surface area contributed by atoms with Crippen LogP contribution in [0.2, 0.25) is 0 Å². The first-order valence-electron chi connectivity index (χ1n) is 8.36. The molecule has 3 aliphatic carbocycles. The number of aryl methyl sites for hydroxylation is 1. The predicted molar refractivity (Wildman–Crippen MR) is 83.7 cm³/mol. The van der Waals surface area contributed by atoms with E-state index in [4.69, 9.17) is 4.42 Å². The van der Waals surface area contributed by atoms with Crippen molar-refractivity contribution in [1.82, 2.24) is 0 Å². The SMILES string of the molecule is CC1=C(O)C(=O)CC2(C)C1CCC1(C)c3cocc3CCC12. The zero-order valence-electron chi connectivity index (χ0n) is 13.6. The lowest BCUT2D eigenvalue weighted by atomic mass is 9.44.